The number of esters is 1. The van der Waals surface area contributed by atoms with Gasteiger partial charge in [0.25, 0.3) is 0 Å². The fraction of sp³-hybridized carbons (Fsp3) is 0.0417. The van der Waals surface area contributed by atoms with Crippen LogP contribution in [0.3, 0.4) is 0 Å². The van der Waals surface area contributed by atoms with Crippen LogP contribution in [0.2, 0.25) is 5.02 Å². The van der Waals surface area contributed by atoms with Crippen LogP contribution in [0.25, 0.3) is 32.0 Å². The van der Waals surface area contributed by atoms with Crippen molar-refractivity contribution in [3.63, 3.8) is 0 Å². The van der Waals surface area contributed by atoms with Crippen LogP contribution in [0.15, 0.2) is 84.9 Å². The highest BCUT2D eigenvalue weighted by molar-refractivity contribution is 7.19. The summed E-state index contributed by atoms with van der Waals surface area (Å²) in [4.78, 5) is 14.6. The molecule has 0 radical (unpaired) electrons. The molecule has 1 heterocycles. The maximum atomic E-state index is 12.4. The summed E-state index contributed by atoms with van der Waals surface area (Å²) in [5, 5.41) is 0.525. The molecule has 138 valence electrons. The molecule has 0 spiro atoms. The number of halogens is 1. The zero-order valence-corrected chi connectivity index (χ0v) is 16.8. The van der Waals surface area contributed by atoms with E-state index >= 15 is 0 Å². The van der Waals surface area contributed by atoms with E-state index in [4.69, 9.17) is 16.3 Å². The Morgan fingerprint density at radius 2 is 1.50 bits per heavy atom. The first-order valence-electron chi connectivity index (χ1n) is 8.81. The summed E-state index contributed by atoms with van der Waals surface area (Å²) in [5.74, 6) is -0.399. The largest absolute Gasteiger partial charge is 0.465 e. The van der Waals surface area contributed by atoms with Crippen molar-refractivity contribution < 1.29 is 9.53 Å². The van der Waals surface area contributed by atoms with Gasteiger partial charge in [-0.2, -0.15) is 0 Å². The Morgan fingerprint density at radius 1 is 0.857 bits per heavy atom. The average Bonchev–Trinajstić information content (AvgIpc) is 3.19. The van der Waals surface area contributed by atoms with E-state index in [0.717, 1.165) is 26.4 Å². The van der Waals surface area contributed by atoms with Crippen LogP contribution >= 0.6 is 22.9 Å². The van der Waals surface area contributed by atoms with Crippen molar-refractivity contribution in [2.75, 3.05) is 7.11 Å². The number of methoxy groups -OCH3 is 1. The Hall–Kier alpha value is -2.88. The second-order valence-corrected chi connectivity index (χ2v) is 7.70. The summed E-state index contributed by atoms with van der Waals surface area (Å²) in [6.45, 7) is 0. The van der Waals surface area contributed by atoms with Crippen LogP contribution in [0, 0.1) is 0 Å². The summed E-state index contributed by atoms with van der Waals surface area (Å²) in [5.41, 5.74) is 4.31. The Balaban J connectivity index is 2.00. The maximum absolute atomic E-state index is 12.4. The monoisotopic (exact) mass is 404 g/mol. The molecule has 0 aliphatic heterocycles. The first-order chi connectivity index (χ1) is 13.7. The number of carbonyl (C=O) groups excluding carboxylic acids is 1. The lowest BCUT2D eigenvalue weighted by Gasteiger charge is -2.11. The topological polar surface area (TPSA) is 26.3 Å². The second kappa shape index (κ2) is 8.01. The van der Waals surface area contributed by atoms with Gasteiger partial charge in [0.15, 0.2) is 0 Å². The molecule has 3 aromatic carbocycles. The first-order valence-corrected chi connectivity index (χ1v) is 10.0. The van der Waals surface area contributed by atoms with Gasteiger partial charge in [-0.3, -0.25) is 0 Å². The molecule has 0 aliphatic rings. The Bertz CT molecular complexity index is 1120. The molecule has 0 atom stereocenters. The number of hydrogen-bond donors (Lipinski definition) is 0. The van der Waals surface area contributed by atoms with E-state index < -0.39 is 5.97 Å². The molecule has 28 heavy (non-hydrogen) atoms. The van der Waals surface area contributed by atoms with Crippen molar-refractivity contribution in [1.82, 2.24) is 0 Å². The molecule has 4 rings (SSSR count). The molecule has 0 saturated carbocycles. The molecule has 0 fully saturated rings. The number of rotatable bonds is 4. The van der Waals surface area contributed by atoms with Gasteiger partial charge in [-0.25, -0.2) is 4.79 Å². The van der Waals surface area contributed by atoms with Gasteiger partial charge in [0.1, 0.15) is 0 Å². The van der Waals surface area contributed by atoms with Crippen LogP contribution in [0.5, 0.6) is 0 Å². The Kier molecular flexibility index (Phi) is 5.29. The third-order valence-corrected chi connectivity index (χ3v) is 6.06. The van der Waals surface area contributed by atoms with Gasteiger partial charge in [0.2, 0.25) is 0 Å². The molecule has 2 nitrogen and oxygen atoms in total. The lowest BCUT2D eigenvalue weighted by atomic mass is 9.97. The van der Waals surface area contributed by atoms with E-state index in [1.54, 1.807) is 29.5 Å². The van der Waals surface area contributed by atoms with Crippen molar-refractivity contribution in [3.8, 4) is 32.0 Å². The molecule has 4 heteroatoms. The predicted octanol–water partition coefficient (Wildman–Crippen LogP) is 7.19. The minimum absolute atomic E-state index is 0.399. The normalized spacial score (nSPS) is 10.6. The molecule has 1 aromatic heterocycles. The van der Waals surface area contributed by atoms with Crippen LogP contribution in [-0.4, -0.2) is 13.1 Å². The van der Waals surface area contributed by atoms with E-state index in [-0.39, 0.29) is 0 Å². The molecule has 0 amide bonds. The van der Waals surface area contributed by atoms with E-state index in [2.05, 4.69) is 30.3 Å². The lowest BCUT2D eigenvalue weighted by Crippen LogP contribution is -2.03. The standard InChI is InChI=1S/C24H17ClO2S/c1-27-24(26)18-13-8-14-20(25)22(18)19-15-21(16-9-4-2-5-10-16)28-23(19)17-11-6-3-7-12-17/h2-15H,1H3. The van der Waals surface area contributed by atoms with E-state index in [1.807, 2.05) is 36.4 Å². The fourth-order valence-electron chi connectivity index (χ4n) is 3.20. The van der Waals surface area contributed by atoms with Gasteiger partial charge in [-0.15, -0.1) is 11.3 Å². The summed E-state index contributed by atoms with van der Waals surface area (Å²) in [6.07, 6.45) is 0. The van der Waals surface area contributed by atoms with Crippen molar-refractivity contribution >= 4 is 28.9 Å². The van der Waals surface area contributed by atoms with Gasteiger partial charge < -0.3 is 4.74 Å². The molecular weight excluding hydrogens is 388 g/mol. The molecule has 0 aliphatic carbocycles. The van der Waals surface area contributed by atoms with Crippen LogP contribution < -0.4 is 0 Å². The highest BCUT2D eigenvalue weighted by Gasteiger charge is 2.22. The molecular formula is C24H17ClO2S. The Morgan fingerprint density at radius 3 is 2.14 bits per heavy atom. The van der Waals surface area contributed by atoms with E-state index in [0.29, 0.717) is 16.1 Å². The van der Waals surface area contributed by atoms with Crippen LogP contribution in [-0.2, 0) is 4.74 Å². The second-order valence-electron chi connectivity index (χ2n) is 6.24. The first kappa shape index (κ1) is 18.5. The number of thiophene rings is 1. The number of benzene rings is 3. The Labute approximate surface area is 173 Å². The minimum Gasteiger partial charge on any atom is -0.465 e. The molecule has 4 aromatic rings. The molecule has 0 bridgehead atoms. The van der Waals surface area contributed by atoms with Crippen molar-refractivity contribution in [3.05, 3.63) is 95.5 Å². The van der Waals surface area contributed by atoms with Crippen LogP contribution in [0.1, 0.15) is 10.4 Å². The van der Waals surface area contributed by atoms with Crippen molar-refractivity contribution in [1.29, 1.82) is 0 Å². The third kappa shape index (κ3) is 3.47. The maximum Gasteiger partial charge on any atom is 0.338 e. The summed E-state index contributed by atoms with van der Waals surface area (Å²) >= 11 is 8.26. The highest BCUT2D eigenvalue weighted by atomic mass is 35.5. The quantitative estimate of drug-likeness (QED) is 0.336. The van der Waals surface area contributed by atoms with Gasteiger partial charge in [-0.05, 0) is 29.3 Å². The van der Waals surface area contributed by atoms with Gasteiger partial charge >= 0.3 is 5.97 Å². The molecule has 0 N–H and O–H groups in total. The van der Waals surface area contributed by atoms with E-state index in [9.17, 15) is 4.79 Å². The fourth-order valence-corrected chi connectivity index (χ4v) is 4.66. The van der Waals surface area contributed by atoms with Gasteiger partial charge in [0, 0.05) is 25.9 Å². The summed E-state index contributed by atoms with van der Waals surface area (Å²) in [7, 11) is 1.38. The molecule has 0 saturated heterocycles. The SMILES string of the molecule is COC(=O)c1cccc(Cl)c1-c1cc(-c2ccccc2)sc1-c1ccccc1. The minimum atomic E-state index is -0.399. The van der Waals surface area contributed by atoms with Crippen LogP contribution in [0.4, 0.5) is 0 Å². The third-order valence-electron chi connectivity index (χ3n) is 4.51. The number of hydrogen-bond acceptors (Lipinski definition) is 3. The zero-order valence-electron chi connectivity index (χ0n) is 15.2. The predicted molar refractivity (Wildman–Crippen MR) is 117 cm³/mol. The summed E-state index contributed by atoms with van der Waals surface area (Å²) < 4.78 is 5.00. The smallest absolute Gasteiger partial charge is 0.338 e. The number of ether oxygens (including phenoxy) is 1. The van der Waals surface area contributed by atoms with Crippen molar-refractivity contribution in [2.24, 2.45) is 0 Å². The number of carbonyl (C=O) groups is 1. The summed E-state index contributed by atoms with van der Waals surface area (Å²) in [6, 6.07) is 27.8. The zero-order chi connectivity index (χ0) is 19.5. The molecule has 0 unspecified atom stereocenters. The lowest BCUT2D eigenvalue weighted by molar-refractivity contribution is 0.0601. The highest BCUT2D eigenvalue weighted by Crippen LogP contribution is 2.46. The van der Waals surface area contributed by atoms with Gasteiger partial charge in [-0.1, -0.05) is 78.3 Å². The van der Waals surface area contributed by atoms with E-state index in [1.165, 1.54) is 7.11 Å². The van der Waals surface area contributed by atoms with Crippen molar-refractivity contribution in [2.45, 2.75) is 0 Å². The van der Waals surface area contributed by atoms with Gasteiger partial charge in [0.05, 0.1) is 12.7 Å². The average molecular weight is 405 g/mol.